The quantitative estimate of drug-likeness (QED) is 0.304. The van der Waals surface area contributed by atoms with E-state index >= 15 is 0 Å². The number of aliphatic imine (C=N–C) groups is 1. The zero-order chi connectivity index (χ0) is 19.1. The van der Waals surface area contributed by atoms with Crippen molar-refractivity contribution in [1.29, 1.82) is 0 Å². The number of anilines is 1. The van der Waals surface area contributed by atoms with Gasteiger partial charge in [-0.1, -0.05) is 35.5 Å². The van der Waals surface area contributed by atoms with Crippen LogP contribution in [0.2, 0.25) is 0 Å². The van der Waals surface area contributed by atoms with Crippen LogP contribution in [0.15, 0.2) is 64.1 Å². The van der Waals surface area contributed by atoms with E-state index in [0.717, 1.165) is 22.7 Å². The van der Waals surface area contributed by atoms with Crippen LogP contribution in [-0.4, -0.2) is 32.4 Å². The van der Waals surface area contributed by atoms with Crippen LogP contribution < -0.4 is 20.1 Å². The Morgan fingerprint density at radius 1 is 1.04 bits per heavy atom. The van der Waals surface area contributed by atoms with Crippen LogP contribution in [0.3, 0.4) is 0 Å². The second kappa shape index (κ2) is 10.5. The second-order valence-electron chi connectivity index (χ2n) is 5.67. The lowest BCUT2D eigenvalue weighted by atomic mass is 10.2. The molecule has 0 unspecified atom stereocenters. The maximum atomic E-state index is 5.41. The number of nitrogens with zero attached hydrogens (tertiary/aromatic N) is 2. The zero-order valence-electron chi connectivity index (χ0n) is 15.9. The van der Waals surface area contributed by atoms with E-state index in [1.165, 1.54) is 0 Å². The largest absolute Gasteiger partial charge is 0.493 e. The molecule has 2 N–H and O–H groups in total. The van der Waals surface area contributed by atoms with Crippen molar-refractivity contribution in [1.82, 2.24) is 10.5 Å². The number of hydrogen-bond donors (Lipinski definition) is 2. The van der Waals surface area contributed by atoms with Gasteiger partial charge in [-0.05, 0) is 12.1 Å². The first-order valence-electron chi connectivity index (χ1n) is 8.44. The Bertz CT molecular complexity index is 913. The minimum atomic E-state index is 0. The summed E-state index contributed by atoms with van der Waals surface area (Å²) in [5.74, 6) is 2.64. The van der Waals surface area contributed by atoms with E-state index in [9.17, 15) is 0 Å². The maximum Gasteiger partial charge on any atom is 0.195 e. The van der Waals surface area contributed by atoms with Gasteiger partial charge >= 0.3 is 0 Å². The fraction of sp³-hybridized carbons (Fsp3) is 0.200. The van der Waals surface area contributed by atoms with Gasteiger partial charge in [0.05, 0.1) is 20.8 Å². The van der Waals surface area contributed by atoms with Gasteiger partial charge < -0.3 is 24.6 Å². The molecule has 2 aromatic carbocycles. The van der Waals surface area contributed by atoms with E-state index in [4.69, 9.17) is 14.0 Å². The van der Waals surface area contributed by atoms with E-state index < -0.39 is 0 Å². The van der Waals surface area contributed by atoms with E-state index in [1.807, 2.05) is 54.6 Å². The Balaban J connectivity index is 0.00000280. The van der Waals surface area contributed by atoms with Gasteiger partial charge in [-0.15, -0.1) is 24.0 Å². The first-order chi connectivity index (χ1) is 13.2. The highest BCUT2D eigenvalue weighted by Crippen LogP contribution is 2.29. The summed E-state index contributed by atoms with van der Waals surface area (Å²) in [7, 11) is 4.91. The summed E-state index contributed by atoms with van der Waals surface area (Å²) in [4.78, 5) is 4.23. The molecule has 3 rings (SSSR count). The lowest BCUT2D eigenvalue weighted by molar-refractivity contribution is 0.355. The van der Waals surface area contributed by atoms with Gasteiger partial charge in [-0.3, -0.25) is 4.99 Å². The van der Waals surface area contributed by atoms with E-state index in [1.54, 1.807) is 21.3 Å². The number of guanidine groups is 1. The highest BCUT2D eigenvalue weighted by Gasteiger charge is 2.09. The van der Waals surface area contributed by atoms with Crippen molar-refractivity contribution in [3.63, 3.8) is 0 Å². The molecule has 0 aliphatic heterocycles. The molecule has 7 nitrogen and oxygen atoms in total. The first kappa shape index (κ1) is 21.5. The van der Waals surface area contributed by atoms with Gasteiger partial charge in [0, 0.05) is 30.4 Å². The number of aromatic nitrogens is 1. The van der Waals surface area contributed by atoms with Gasteiger partial charge in [0.15, 0.2) is 23.2 Å². The molecule has 148 valence electrons. The molecule has 1 aromatic heterocycles. The zero-order valence-corrected chi connectivity index (χ0v) is 18.3. The number of rotatable bonds is 6. The third-order valence-electron chi connectivity index (χ3n) is 3.92. The predicted octanol–water partition coefficient (Wildman–Crippen LogP) is 4.16. The Morgan fingerprint density at radius 3 is 2.46 bits per heavy atom. The fourth-order valence-corrected chi connectivity index (χ4v) is 2.54. The molecule has 0 aliphatic carbocycles. The van der Waals surface area contributed by atoms with Crippen molar-refractivity contribution < 1.29 is 14.0 Å². The van der Waals surface area contributed by atoms with E-state index in [0.29, 0.717) is 24.0 Å². The second-order valence-corrected chi connectivity index (χ2v) is 5.67. The molecule has 0 saturated heterocycles. The average molecular weight is 494 g/mol. The summed E-state index contributed by atoms with van der Waals surface area (Å²) in [5, 5.41) is 10.5. The minimum Gasteiger partial charge on any atom is -0.493 e. The molecule has 3 aromatic rings. The van der Waals surface area contributed by atoms with E-state index in [2.05, 4.69) is 20.8 Å². The Hall–Kier alpha value is -2.75. The molecule has 0 spiro atoms. The van der Waals surface area contributed by atoms with Crippen LogP contribution in [-0.2, 0) is 6.54 Å². The van der Waals surface area contributed by atoms with Gasteiger partial charge in [0.2, 0.25) is 0 Å². The molecule has 0 saturated carbocycles. The predicted molar refractivity (Wildman–Crippen MR) is 121 cm³/mol. The third-order valence-corrected chi connectivity index (χ3v) is 3.92. The lowest BCUT2D eigenvalue weighted by Gasteiger charge is -2.13. The summed E-state index contributed by atoms with van der Waals surface area (Å²) in [6.45, 7) is 0.475. The Kier molecular flexibility index (Phi) is 8.12. The normalized spacial score (nSPS) is 10.8. The SMILES string of the molecule is CN=C(NCc1cc(-c2ccccc2)on1)Nc1ccc(OC)c(OC)c1.I. The van der Waals surface area contributed by atoms with Crippen molar-refractivity contribution in [3.8, 4) is 22.8 Å². The summed E-state index contributed by atoms with van der Waals surface area (Å²) >= 11 is 0. The van der Waals surface area contributed by atoms with Gasteiger partial charge in [-0.25, -0.2) is 0 Å². The van der Waals surface area contributed by atoms with Gasteiger partial charge in [-0.2, -0.15) is 0 Å². The third kappa shape index (κ3) is 5.38. The number of ether oxygens (including phenoxy) is 2. The van der Waals surface area contributed by atoms with Crippen molar-refractivity contribution in [2.75, 3.05) is 26.6 Å². The molecule has 0 amide bonds. The number of methoxy groups -OCH3 is 2. The smallest absolute Gasteiger partial charge is 0.195 e. The standard InChI is InChI=1S/C20H22N4O3.HI/c1-21-20(23-15-9-10-17(25-2)19(11-15)26-3)22-13-16-12-18(27-24-16)14-7-5-4-6-8-14;/h4-12H,13H2,1-3H3,(H2,21,22,23);1H. The monoisotopic (exact) mass is 494 g/mol. The first-order valence-corrected chi connectivity index (χ1v) is 8.44. The van der Waals surface area contributed by atoms with Crippen LogP contribution in [0.4, 0.5) is 5.69 Å². The molecule has 0 radical (unpaired) electrons. The summed E-state index contributed by atoms with van der Waals surface area (Å²) < 4.78 is 16.0. The van der Waals surface area contributed by atoms with Gasteiger partial charge in [0.1, 0.15) is 5.69 Å². The van der Waals surface area contributed by atoms with Crippen molar-refractivity contribution in [2.24, 2.45) is 4.99 Å². The summed E-state index contributed by atoms with van der Waals surface area (Å²) in [5.41, 5.74) is 2.60. The highest BCUT2D eigenvalue weighted by molar-refractivity contribution is 14.0. The minimum absolute atomic E-state index is 0. The van der Waals surface area contributed by atoms with Crippen LogP contribution in [0.5, 0.6) is 11.5 Å². The molecule has 0 bridgehead atoms. The Labute approximate surface area is 181 Å². The summed E-state index contributed by atoms with van der Waals surface area (Å²) in [6, 6.07) is 17.3. The molecule has 0 aliphatic rings. The molecular weight excluding hydrogens is 471 g/mol. The topological polar surface area (TPSA) is 80.9 Å². The highest BCUT2D eigenvalue weighted by atomic mass is 127. The fourth-order valence-electron chi connectivity index (χ4n) is 2.54. The summed E-state index contributed by atoms with van der Waals surface area (Å²) in [6.07, 6.45) is 0. The molecule has 28 heavy (non-hydrogen) atoms. The van der Waals surface area contributed by atoms with Crippen LogP contribution in [0.25, 0.3) is 11.3 Å². The van der Waals surface area contributed by atoms with Crippen molar-refractivity contribution in [2.45, 2.75) is 6.54 Å². The van der Waals surface area contributed by atoms with Crippen molar-refractivity contribution >= 4 is 35.6 Å². The number of hydrogen-bond acceptors (Lipinski definition) is 5. The van der Waals surface area contributed by atoms with Crippen LogP contribution in [0, 0.1) is 0 Å². The number of nitrogens with one attached hydrogen (secondary N) is 2. The molecule has 0 fully saturated rings. The van der Waals surface area contributed by atoms with E-state index in [-0.39, 0.29) is 24.0 Å². The lowest BCUT2D eigenvalue weighted by Crippen LogP contribution is -2.30. The van der Waals surface area contributed by atoms with Crippen LogP contribution in [0.1, 0.15) is 5.69 Å². The Morgan fingerprint density at radius 2 is 1.79 bits per heavy atom. The molecule has 8 heteroatoms. The number of benzene rings is 2. The average Bonchev–Trinajstić information content (AvgIpc) is 3.20. The number of halogens is 1. The molecule has 1 heterocycles. The van der Waals surface area contributed by atoms with Gasteiger partial charge in [0.25, 0.3) is 0 Å². The van der Waals surface area contributed by atoms with Crippen LogP contribution >= 0.6 is 24.0 Å². The molecule has 0 atom stereocenters. The maximum absolute atomic E-state index is 5.41. The van der Waals surface area contributed by atoms with Crippen molar-refractivity contribution in [3.05, 3.63) is 60.3 Å². The molecular formula is C20H23IN4O3.